The molecule has 2 aromatic heterocycles. The lowest BCUT2D eigenvalue weighted by Crippen LogP contribution is -2.27. The lowest BCUT2D eigenvalue weighted by molar-refractivity contribution is 0.168. The molecule has 0 saturated carbocycles. The number of benzene rings is 2. The Hall–Kier alpha value is -3.33. The first-order valence-electron chi connectivity index (χ1n) is 10.4. The first kappa shape index (κ1) is 23.8. The minimum atomic E-state index is -0.436. The van der Waals surface area contributed by atoms with Gasteiger partial charge in [-0.2, -0.15) is 4.98 Å². The van der Waals surface area contributed by atoms with Crippen LogP contribution in [-0.4, -0.2) is 54.0 Å². The first-order valence-corrected chi connectivity index (χ1v) is 11.2. The molecule has 0 aliphatic heterocycles. The topological polar surface area (TPSA) is 81.5 Å². The predicted molar refractivity (Wildman–Crippen MR) is 136 cm³/mol. The molecule has 4 aromatic rings. The van der Waals surface area contributed by atoms with Crippen LogP contribution in [0.25, 0.3) is 22.2 Å². The number of aromatic nitrogens is 3. The van der Waals surface area contributed by atoms with Gasteiger partial charge in [0.25, 0.3) is 5.56 Å². The van der Waals surface area contributed by atoms with Gasteiger partial charge in [-0.05, 0) is 56.6 Å². The molecule has 10 heteroatoms. The normalized spacial score (nSPS) is 11.1. The SMILES string of the molecule is COn1c(=O)c(-c2c(Cl)cccc2Cl)cc2cnc(Nc3ccc(OCCN(C)C)cc3)nc21. The van der Waals surface area contributed by atoms with Crippen molar-refractivity contribution >= 4 is 45.9 Å². The quantitative estimate of drug-likeness (QED) is 0.381. The van der Waals surface area contributed by atoms with Gasteiger partial charge in [0.1, 0.15) is 19.5 Å². The van der Waals surface area contributed by atoms with Crippen LogP contribution in [0, 0.1) is 0 Å². The fourth-order valence-electron chi connectivity index (χ4n) is 3.34. The summed E-state index contributed by atoms with van der Waals surface area (Å²) in [6, 6.07) is 14.2. The van der Waals surface area contributed by atoms with Gasteiger partial charge < -0.3 is 19.8 Å². The third-order valence-electron chi connectivity index (χ3n) is 5.04. The van der Waals surface area contributed by atoms with Crippen molar-refractivity contribution in [2.24, 2.45) is 0 Å². The van der Waals surface area contributed by atoms with E-state index in [0.29, 0.717) is 44.8 Å². The van der Waals surface area contributed by atoms with Crippen LogP contribution in [0.1, 0.15) is 0 Å². The van der Waals surface area contributed by atoms with E-state index in [1.165, 1.54) is 7.11 Å². The summed E-state index contributed by atoms with van der Waals surface area (Å²) in [5, 5.41) is 4.44. The van der Waals surface area contributed by atoms with Crippen molar-refractivity contribution in [3.05, 3.63) is 75.1 Å². The van der Waals surface area contributed by atoms with Crippen molar-refractivity contribution in [3.8, 4) is 16.9 Å². The molecule has 1 N–H and O–H groups in total. The van der Waals surface area contributed by atoms with Gasteiger partial charge in [-0.15, -0.1) is 4.73 Å². The highest BCUT2D eigenvalue weighted by Gasteiger charge is 2.18. The van der Waals surface area contributed by atoms with Gasteiger partial charge in [0.2, 0.25) is 5.95 Å². The molecule has 0 spiro atoms. The molecule has 0 atom stereocenters. The molecule has 176 valence electrons. The molecule has 0 amide bonds. The number of likely N-dealkylation sites (N-methyl/N-ethyl adjacent to an activating group) is 1. The largest absolute Gasteiger partial charge is 0.492 e. The molecule has 4 rings (SSSR count). The summed E-state index contributed by atoms with van der Waals surface area (Å²) in [5.41, 5.74) is 1.36. The van der Waals surface area contributed by atoms with E-state index in [1.807, 2.05) is 38.4 Å². The van der Waals surface area contributed by atoms with Crippen molar-refractivity contribution in [1.82, 2.24) is 19.6 Å². The van der Waals surface area contributed by atoms with E-state index in [2.05, 4.69) is 20.2 Å². The van der Waals surface area contributed by atoms with Crippen molar-refractivity contribution in [2.75, 3.05) is 39.7 Å². The molecule has 0 aliphatic rings. The van der Waals surface area contributed by atoms with Gasteiger partial charge in [-0.1, -0.05) is 29.3 Å². The minimum absolute atomic E-state index is 0.291. The zero-order chi connectivity index (χ0) is 24.2. The number of nitrogens with one attached hydrogen (secondary N) is 1. The van der Waals surface area contributed by atoms with Crippen molar-refractivity contribution in [1.29, 1.82) is 0 Å². The monoisotopic (exact) mass is 499 g/mol. The molecule has 2 aromatic carbocycles. The Bertz CT molecular complexity index is 1350. The average molecular weight is 500 g/mol. The van der Waals surface area contributed by atoms with Gasteiger partial charge in [-0.3, -0.25) is 4.79 Å². The zero-order valence-corrected chi connectivity index (χ0v) is 20.4. The summed E-state index contributed by atoms with van der Waals surface area (Å²) in [6.07, 6.45) is 1.60. The van der Waals surface area contributed by atoms with Gasteiger partial charge in [0.05, 0.1) is 15.6 Å². The van der Waals surface area contributed by atoms with Crippen molar-refractivity contribution in [2.45, 2.75) is 0 Å². The second-order valence-electron chi connectivity index (χ2n) is 7.71. The van der Waals surface area contributed by atoms with E-state index >= 15 is 0 Å². The van der Waals surface area contributed by atoms with Crippen LogP contribution < -0.4 is 20.5 Å². The highest BCUT2D eigenvalue weighted by atomic mass is 35.5. The van der Waals surface area contributed by atoms with E-state index in [9.17, 15) is 4.79 Å². The van der Waals surface area contributed by atoms with Crippen LogP contribution in [0.4, 0.5) is 11.6 Å². The van der Waals surface area contributed by atoms with Crippen LogP contribution in [0.15, 0.2) is 59.5 Å². The maximum atomic E-state index is 13.2. The number of hydrogen-bond donors (Lipinski definition) is 1. The number of halogens is 2. The molecule has 0 fully saturated rings. The van der Waals surface area contributed by atoms with E-state index in [4.69, 9.17) is 32.8 Å². The highest BCUT2D eigenvalue weighted by Crippen LogP contribution is 2.33. The molecular formula is C24H23Cl2N5O3. The van der Waals surface area contributed by atoms with E-state index in [0.717, 1.165) is 22.7 Å². The third-order valence-corrected chi connectivity index (χ3v) is 5.67. The standard InChI is InChI=1S/C24H23Cl2N5O3/c1-30(2)11-12-34-17-9-7-16(8-10-17)28-24-27-14-15-13-18(21-19(25)5-4-6-20(21)26)23(32)31(33-3)22(15)29-24/h4-10,13-14H,11-12H2,1-3H3,(H,27,28,29). The Labute approximate surface area is 206 Å². The van der Waals surface area contributed by atoms with Crippen LogP contribution >= 0.6 is 23.2 Å². The van der Waals surface area contributed by atoms with Gasteiger partial charge in [0.15, 0.2) is 5.65 Å². The van der Waals surface area contributed by atoms with Crippen LogP contribution in [0.5, 0.6) is 5.75 Å². The highest BCUT2D eigenvalue weighted by molar-refractivity contribution is 6.39. The number of hydrogen-bond acceptors (Lipinski definition) is 7. The van der Waals surface area contributed by atoms with Crippen LogP contribution in [0.3, 0.4) is 0 Å². The Morgan fingerprint density at radius 2 is 1.79 bits per heavy atom. The summed E-state index contributed by atoms with van der Waals surface area (Å²) in [4.78, 5) is 29.5. The molecule has 0 radical (unpaired) electrons. The number of ether oxygens (including phenoxy) is 1. The van der Waals surface area contributed by atoms with E-state index < -0.39 is 5.56 Å². The summed E-state index contributed by atoms with van der Waals surface area (Å²) < 4.78 is 6.81. The van der Waals surface area contributed by atoms with E-state index in [1.54, 1.807) is 30.5 Å². The predicted octanol–water partition coefficient (Wildman–Crippen LogP) is 4.51. The second kappa shape index (κ2) is 10.3. The lowest BCUT2D eigenvalue weighted by atomic mass is 10.1. The Kier molecular flexibility index (Phi) is 7.21. The minimum Gasteiger partial charge on any atom is -0.492 e. The number of rotatable bonds is 8. The summed E-state index contributed by atoms with van der Waals surface area (Å²) in [5.74, 6) is 1.08. The molecule has 0 saturated heterocycles. The molecule has 0 aliphatic carbocycles. The summed E-state index contributed by atoms with van der Waals surface area (Å²) >= 11 is 12.7. The van der Waals surface area contributed by atoms with E-state index in [-0.39, 0.29) is 0 Å². The van der Waals surface area contributed by atoms with Gasteiger partial charge in [0, 0.05) is 29.4 Å². The molecule has 34 heavy (non-hydrogen) atoms. The lowest BCUT2D eigenvalue weighted by Gasteiger charge is -2.13. The fraction of sp³-hybridized carbons (Fsp3) is 0.208. The Balaban J connectivity index is 1.64. The van der Waals surface area contributed by atoms with Crippen molar-refractivity contribution < 1.29 is 9.57 Å². The van der Waals surface area contributed by atoms with Gasteiger partial charge in [-0.25, -0.2) is 4.98 Å². The number of anilines is 2. The first-order chi connectivity index (χ1) is 16.4. The molecule has 8 nitrogen and oxygen atoms in total. The maximum Gasteiger partial charge on any atom is 0.293 e. The molecule has 2 heterocycles. The molecular weight excluding hydrogens is 477 g/mol. The zero-order valence-electron chi connectivity index (χ0n) is 18.9. The fourth-order valence-corrected chi connectivity index (χ4v) is 3.94. The number of nitrogens with zero attached hydrogens (tertiary/aromatic N) is 4. The summed E-state index contributed by atoms with van der Waals surface area (Å²) in [6.45, 7) is 1.43. The number of pyridine rings is 1. The van der Waals surface area contributed by atoms with Crippen LogP contribution in [-0.2, 0) is 0 Å². The summed E-state index contributed by atoms with van der Waals surface area (Å²) in [7, 11) is 5.38. The van der Waals surface area contributed by atoms with Gasteiger partial charge >= 0.3 is 0 Å². The molecule has 0 bridgehead atoms. The smallest absolute Gasteiger partial charge is 0.293 e. The number of fused-ring (bicyclic) bond motifs is 1. The Morgan fingerprint density at radius 1 is 1.09 bits per heavy atom. The van der Waals surface area contributed by atoms with Crippen LogP contribution in [0.2, 0.25) is 10.0 Å². The maximum absolute atomic E-state index is 13.2. The average Bonchev–Trinajstić information content (AvgIpc) is 2.80. The molecule has 0 unspecified atom stereocenters. The third kappa shape index (κ3) is 5.09. The second-order valence-corrected chi connectivity index (χ2v) is 8.52. The Morgan fingerprint density at radius 3 is 2.44 bits per heavy atom. The van der Waals surface area contributed by atoms with Crippen molar-refractivity contribution in [3.63, 3.8) is 0 Å².